The molecule has 0 aromatic carbocycles. The number of alkyl halides is 2. The second-order valence-corrected chi connectivity index (χ2v) is 10.5. The predicted octanol–water partition coefficient (Wildman–Crippen LogP) is 4.19. The van der Waals surface area contributed by atoms with E-state index >= 15 is 0 Å². The molecule has 5 rings (SSSR count). The molecule has 0 saturated heterocycles. The molecular formula is C27H33F2N7O3. The lowest BCUT2D eigenvalue weighted by Gasteiger charge is -2.33. The highest BCUT2D eigenvalue weighted by Gasteiger charge is 2.39. The topological polar surface area (TPSA) is 123 Å². The third kappa shape index (κ3) is 6.31. The van der Waals surface area contributed by atoms with Crippen LogP contribution in [0.2, 0.25) is 0 Å². The molecule has 0 bridgehead atoms. The van der Waals surface area contributed by atoms with Gasteiger partial charge in [0.15, 0.2) is 5.65 Å². The molecule has 0 radical (unpaired) electrons. The molecule has 2 atom stereocenters. The van der Waals surface area contributed by atoms with Crippen LogP contribution < -0.4 is 15.4 Å². The fraction of sp³-hybridized carbons (Fsp3) is 0.556. The largest absolute Gasteiger partial charge is 0.480 e. The maximum absolute atomic E-state index is 14.0. The smallest absolute Gasteiger partial charge is 0.253 e. The average Bonchev–Trinajstić information content (AvgIpc) is 3.68. The molecular weight excluding hydrogens is 508 g/mol. The number of hydrogen-bond donors (Lipinski definition) is 2. The van der Waals surface area contributed by atoms with Gasteiger partial charge in [0.1, 0.15) is 0 Å². The van der Waals surface area contributed by atoms with Crippen molar-refractivity contribution in [3.63, 3.8) is 0 Å². The van der Waals surface area contributed by atoms with Crippen LogP contribution in [0, 0.1) is 11.8 Å². The number of ether oxygens (including phenoxy) is 1. The molecule has 2 N–H and O–H groups in total. The maximum atomic E-state index is 14.0. The molecule has 2 aliphatic carbocycles. The fourth-order valence-corrected chi connectivity index (χ4v) is 5.23. The molecule has 0 spiro atoms. The van der Waals surface area contributed by atoms with E-state index in [1.807, 2.05) is 13.0 Å². The summed E-state index contributed by atoms with van der Waals surface area (Å²) in [7, 11) is 1.43. The summed E-state index contributed by atoms with van der Waals surface area (Å²) in [4.78, 5) is 30.3. The summed E-state index contributed by atoms with van der Waals surface area (Å²) in [5.41, 5.74) is 2.22. The average molecular weight is 542 g/mol. The first kappa shape index (κ1) is 26.9. The van der Waals surface area contributed by atoms with Crippen LogP contribution in [-0.2, 0) is 4.79 Å². The Balaban J connectivity index is 1.43. The van der Waals surface area contributed by atoms with Crippen LogP contribution in [0.1, 0.15) is 92.0 Å². The van der Waals surface area contributed by atoms with Gasteiger partial charge in [0.25, 0.3) is 5.91 Å². The van der Waals surface area contributed by atoms with Crippen molar-refractivity contribution in [3.8, 4) is 5.88 Å². The standard InChI is InChI=1S/C27H33F2N7O3/c1-3-4-22(37)33-24(16-5-6-16)18-11-21-32-20(15-36(21)31-14-18)25(17-7-9-27(28,29)10-8-17)34-26(38)19-12-23(39-2)35-30-13-19/h11-17,24-25H,3-10H2,1-2H3,(H,33,37)(H,34,38)/t24-,25+/m1/s1. The number of carbonyl (C=O) groups excluding carboxylic acids is 2. The van der Waals surface area contributed by atoms with Crippen LogP contribution in [0.4, 0.5) is 8.78 Å². The summed E-state index contributed by atoms with van der Waals surface area (Å²) < 4.78 is 34.6. The minimum Gasteiger partial charge on any atom is -0.480 e. The second kappa shape index (κ2) is 11.2. The number of aromatic nitrogens is 5. The molecule has 2 aliphatic rings. The summed E-state index contributed by atoms with van der Waals surface area (Å²) in [5.74, 6) is -2.80. The highest BCUT2D eigenvalue weighted by atomic mass is 19.3. The van der Waals surface area contributed by atoms with Crippen molar-refractivity contribution in [3.05, 3.63) is 47.5 Å². The molecule has 0 unspecified atom stereocenters. The van der Waals surface area contributed by atoms with Gasteiger partial charge in [-0.3, -0.25) is 9.59 Å². The SMILES string of the molecule is CCCC(=O)N[C@@H](c1cnn2cc([C@@H](NC(=O)c3cnnc(OC)c3)C3CCC(F)(F)CC3)nc2c1)C1CC1. The van der Waals surface area contributed by atoms with Gasteiger partial charge in [0, 0.05) is 25.3 Å². The third-order valence-corrected chi connectivity index (χ3v) is 7.55. The van der Waals surface area contributed by atoms with Crippen molar-refractivity contribution in [1.29, 1.82) is 0 Å². The normalized spacial score (nSPS) is 18.9. The zero-order valence-corrected chi connectivity index (χ0v) is 22.1. The minimum absolute atomic E-state index is 0.0115. The van der Waals surface area contributed by atoms with E-state index in [0.717, 1.165) is 24.8 Å². The lowest BCUT2D eigenvalue weighted by atomic mass is 9.81. The molecule has 39 heavy (non-hydrogen) atoms. The van der Waals surface area contributed by atoms with E-state index in [2.05, 4.69) is 25.9 Å². The minimum atomic E-state index is -2.71. The van der Waals surface area contributed by atoms with Crippen molar-refractivity contribution in [2.75, 3.05) is 7.11 Å². The van der Waals surface area contributed by atoms with E-state index in [1.54, 1.807) is 16.9 Å². The van der Waals surface area contributed by atoms with Crippen LogP contribution in [0.15, 0.2) is 30.7 Å². The van der Waals surface area contributed by atoms with Gasteiger partial charge in [0.05, 0.1) is 49.0 Å². The Hall–Kier alpha value is -3.70. The van der Waals surface area contributed by atoms with E-state index in [0.29, 0.717) is 23.7 Å². The number of hydrogen-bond acceptors (Lipinski definition) is 7. The lowest BCUT2D eigenvalue weighted by Crippen LogP contribution is -2.37. The first-order valence-electron chi connectivity index (χ1n) is 13.5. The quantitative estimate of drug-likeness (QED) is 0.394. The van der Waals surface area contributed by atoms with Gasteiger partial charge in [-0.15, -0.1) is 5.10 Å². The van der Waals surface area contributed by atoms with Crippen molar-refractivity contribution in [1.82, 2.24) is 35.4 Å². The Bertz CT molecular complexity index is 1330. The molecule has 3 aromatic rings. The summed E-state index contributed by atoms with van der Waals surface area (Å²) in [6, 6.07) is 2.63. The van der Waals surface area contributed by atoms with E-state index in [1.165, 1.54) is 19.4 Å². The summed E-state index contributed by atoms with van der Waals surface area (Å²) in [5, 5.41) is 18.3. The van der Waals surface area contributed by atoms with Crippen molar-refractivity contribution in [2.24, 2.45) is 11.8 Å². The number of halogens is 2. The van der Waals surface area contributed by atoms with Gasteiger partial charge in [-0.2, -0.15) is 10.2 Å². The summed E-state index contributed by atoms with van der Waals surface area (Å²) in [6.45, 7) is 1.97. The molecule has 2 saturated carbocycles. The molecule has 2 amide bonds. The molecule has 2 fully saturated rings. The molecule has 208 valence electrons. The summed E-state index contributed by atoms with van der Waals surface area (Å²) >= 11 is 0. The highest BCUT2D eigenvalue weighted by molar-refractivity contribution is 5.94. The number of fused-ring (bicyclic) bond motifs is 1. The van der Waals surface area contributed by atoms with Crippen molar-refractivity contribution < 1.29 is 23.1 Å². The van der Waals surface area contributed by atoms with Crippen molar-refractivity contribution >= 4 is 17.5 Å². The van der Waals surface area contributed by atoms with Gasteiger partial charge in [0.2, 0.25) is 17.7 Å². The van der Waals surface area contributed by atoms with E-state index in [4.69, 9.17) is 9.72 Å². The highest BCUT2D eigenvalue weighted by Crippen LogP contribution is 2.42. The molecule has 3 heterocycles. The number of imidazole rings is 1. The lowest BCUT2D eigenvalue weighted by molar-refractivity contribution is -0.122. The number of amides is 2. The Morgan fingerprint density at radius 3 is 2.54 bits per heavy atom. The number of rotatable bonds is 10. The zero-order valence-electron chi connectivity index (χ0n) is 22.1. The van der Waals surface area contributed by atoms with Crippen molar-refractivity contribution in [2.45, 2.75) is 76.3 Å². The Labute approximate surface area is 224 Å². The van der Waals surface area contributed by atoms with Gasteiger partial charge < -0.3 is 15.4 Å². The Morgan fingerprint density at radius 1 is 1.10 bits per heavy atom. The van der Waals surface area contributed by atoms with E-state index in [-0.39, 0.29) is 55.0 Å². The first-order chi connectivity index (χ1) is 18.8. The van der Waals surface area contributed by atoms with Crippen LogP contribution in [0.5, 0.6) is 5.88 Å². The second-order valence-electron chi connectivity index (χ2n) is 10.5. The van der Waals surface area contributed by atoms with E-state index < -0.39 is 17.9 Å². The first-order valence-corrected chi connectivity index (χ1v) is 13.5. The maximum Gasteiger partial charge on any atom is 0.253 e. The monoisotopic (exact) mass is 541 g/mol. The number of nitrogens with one attached hydrogen (secondary N) is 2. The predicted molar refractivity (Wildman–Crippen MR) is 137 cm³/mol. The molecule has 10 nitrogen and oxygen atoms in total. The van der Waals surface area contributed by atoms with Gasteiger partial charge >= 0.3 is 0 Å². The van der Waals surface area contributed by atoms with Gasteiger partial charge in [-0.25, -0.2) is 18.3 Å². The van der Waals surface area contributed by atoms with Gasteiger partial charge in [-0.1, -0.05) is 6.92 Å². The Kier molecular flexibility index (Phi) is 7.72. The molecule has 0 aliphatic heterocycles. The number of nitrogens with zero attached hydrogens (tertiary/aromatic N) is 5. The summed E-state index contributed by atoms with van der Waals surface area (Å²) in [6.07, 6.45) is 8.10. The van der Waals surface area contributed by atoms with Crippen LogP contribution in [0.3, 0.4) is 0 Å². The van der Waals surface area contributed by atoms with Crippen LogP contribution in [-0.4, -0.2) is 49.6 Å². The van der Waals surface area contributed by atoms with Crippen LogP contribution >= 0.6 is 0 Å². The number of methoxy groups -OCH3 is 1. The van der Waals surface area contributed by atoms with Gasteiger partial charge in [-0.05, 0) is 55.6 Å². The Morgan fingerprint density at radius 2 is 1.85 bits per heavy atom. The fourth-order valence-electron chi connectivity index (χ4n) is 5.23. The molecule has 3 aromatic heterocycles. The number of carbonyl (C=O) groups is 2. The van der Waals surface area contributed by atoms with E-state index in [9.17, 15) is 18.4 Å². The van der Waals surface area contributed by atoms with Crippen LogP contribution in [0.25, 0.3) is 5.65 Å². The third-order valence-electron chi connectivity index (χ3n) is 7.55. The molecule has 12 heteroatoms. The zero-order chi connectivity index (χ0) is 27.6.